The van der Waals surface area contributed by atoms with Gasteiger partial charge in [0.05, 0.1) is 12.1 Å². The molecule has 2 amide bonds. The zero-order chi connectivity index (χ0) is 23.3. The number of ether oxygens (including phenoxy) is 1. The first-order valence-electron chi connectivity index (χ1n) is 10.5. The molecule has 0 aliphatic carbocycles. The highest BCUT2D eigenvalue weighted by Gasteiger charge is 2.24. The quantitative estimate of drug-likeness (QED) is 0.721. The minimum Gasteiger partial charge on any atom is -0.456 e. The van der Waals surface area contributed by atoms with Crippen LogP contribution in [0.1, 0.15) is 41.5 Å². The Morgan fingerprint density at radius 3 is 2.22 bits per heavy atom. The predicted molar refractivity (Wildman–Crippen MR) is 119 cm³/mol. The summed E-state index contributed by atoms with van der Waals surface area (Å²) in [6.45, 7) is 7.60. The molecule has 3 rings (SSSR count). The van der Waals surface area contributed by atoms with Crippen LogP contribution in [-0.4, -0.2) is 65.9 Å². The molecular formula is C24H28FN3O4. The van der Waals surface area contributed by atoms with E-state index in [-0.39, 0.29) is 24.2 Å². The molecule has 0 radical (unpaired) electrons. The molecule has 1 aliphatic rings. The lowest BCUT2D eigenvalue weighted by molar-refractivity contribution is -0.117. The van der Waals surface area contributed by atoms with E-state index in [1.165, 1.54) is 24.3 Å². The topological polar surface area (TPSA) is 79.0 Å². The predicted octanol–water partition coefficient (Wildman–Crippen LogP) is 3.18. The molecule has 170 valence electrons. The Morgan fingerprint density at radius 1 is 0.969 bits per heavy atom. The Hall–Kier alpha value is -3.26. The number of anilines is 1. The monoisotopic (exact) mass is 441 g/mol. The molecule has 1 heterocycles. The fraction of sp³-hybridized carbons (Fsp3) is 0.375. The lowest BCUT2D eigenvalue weighted by Gasteiger charge is -2.34. The lowest BCUT2D eigenvalue weighted by atomic mass is 10.1. The van der Waals surface area contributed by atoms with Gasteiger partial charge in [0.1, 0.15) is 11.4 Å². The summed E-state index contributed by atoms with van der Waals surface area (Å²) in [5.41, 5.74) is 0.684. The molecule has 0 aromatic heterocycles. The standard InChI is InChI=1S/C24H28FN3O4/c1-24(2,3)32-23(31)18-6-4-5-17(15-18)22(30)28-13-11-27(12-14-28)16-21(29)26-20-9-7-19(25)8-10-20/h4-10,15H,11-14,16H2,1-3H3,(H,26,29). The van der Waals surface area contributed by atoms with E-state index < -0.39 is 11.6 Å². The van der Waals surface area contributed by atoms with Crippen LogP contribution in [0.15, 0.2) is 48.5 Å². The summed E-state index contributed by atoms with van der Waals surface area (Å²) in [6.07, 6.45) is 0. The summed E-state index contributed by atoms with van der Waals surface area (Å²) in [5.74, 6) is -1.18. The highest BCUT2D eigenvalue weighted by Crippen LogP contribution is 2.16. The molecule has 1 aliphatic heterocycles. The minimum atomic E-state index is -0.615. The first-order valence-corrected chi connectivity index (χ1v) is 10.5. The number of halogens is 1. The highest BCUT2D eigenvalue weighted by atomic mass is 19.1. The largest absolute Gasteiger partial charge is 0.456 e. The van der Waals surface area contributed by atoms with E-state index in [1.807, 2.05) is 4.90 Å². The summed E-state index contributed by atoms with van der Waals surface area (Å²) in [7, 11) is 0. The number of hydrogen-bond acceptors (Lipinski definition) is 5. The number of carbonyl (C=O) groups excluding carboxylic acids is 3. The number of rotatable bonds is 5. The summed E-state index contributed by atoms with van der Waals surface area (Å²) in [5, 5.41) is 2.74. The first kappa shape index (κ1) is 23.4. The molecule has 2 aromatic rings. The molecule has 0 bridgehead atoms. The average Bonchev–Trinajstić information content (AvgIpc) is 2.74. The van der Waals surface area contributed by atoms with Crippen LogP contribution in [-0.2, 0) is 9.53 Å². The molecule has 8 heteroatoms. The third-order valence-corrected chi connectivity index (χ3v) is 4.90. The van der Waals surface area contributed by atoms with Crippen LogP contribution < -0.4 is 5.32 Å². The van der Waals surface area contributed by atoms with E-state index >= 15 is 0 Å². The number of nitrogens with one attached hydrogen (secondary N) is 1. The summed E-state index contributed by atoms with van der Waals surface area (Å²) in [4.78, 5) is 41.1. The Bertz CT molecular complexity index is 977. The maximum atomic E-state index is 13.0. The van der Waals surface area contributed by atoms with Gasteiger partial charge in [0.15, 0.2) is 0 Å². The minimum absolute atomic E-state index is 0.161. The second-order valence-electron chi connectivity index (χ2n) is 8.71. The van der Waals surface area contributed by atoms with Crippen LogP contribution in [0.5, 0.6) is 0 Å². The number of esters is 1. The van der Waals surface area contributed by atoms with Crippen LogP contribution >= 0.6 is 0 Å². The van der Waals surface area contributed by atoms with Crippen molar-refractivity contribution in [3.8, 4) is 0 Å². The van der Waals surface area contributed by atoms with Gasteiger partial charge in [-0.1, -0.05) is 6.07 Å². The second kappa shape index (κ2) is 9.91. The van der Waals surface area contributed by atoms with Crippen molar-refractivity contribution in [2.45, 2.75) is 26.4 Å². The van der Waals surface area contributed by atoms with Crippen LogP contribution in [0, 0.1) is 5.82 Å². The van der Waals surface area contributed by atoms with Gasteiger partial charge >= 0.3 is 5.97 Å². The van der Waals surface area contributed by atoms with Crippen molar-refractivity contribution in [1.29, 1.82) is 0 Å². The Balaban J connectivity index is 1.52. The fourth-order valence-electron chi connectivity index (χ4n) is 3.34. The van der Waals surface area contributed by atoms with Crippen molar-refractivity contribution in [3.05, 3.63) is 65.5 Å². The summed E-state index contributed by atoms with van der Waals surface area (Å²) in [6, 6.07) is 12.1. The molecule has 0 atom stereocenters. The lowest BCUT2D eigenvalue weighted by Crippen LogP contribution is -2.50. The van der Waals surface area contributed by atoms with E-state index in [1.54, 1.807) is 49.9 Å². The number of amides is 2. The first-order chi connectivity index (χ1) is 15.1. The molecule has 0 saturated carbocycles. The Morgan fingerprint density at radius 2 is 1.59 bits per heavy atom. The maximum Gasteiger partial charge on any atom is 0.338 e. The SMILES string of the molecule is CC(C)(C)OC(=O)c1cccc(C(=O)N2CCN(CC(=O)Nc3ccc(F)cc3)CC2)c1. The number of carbonyl (C=O) groups is 3. The number of hydrogen-bond donors (Lipinski definition) is 1. The van der Waals surface area contributed by atoms with Gasteiger partial charge in [0.2, 0.25) is 5.91 Å². The van der Waals surface area contributed by atoms with Crippen LogP contribution in [0.4, 0.5) is 10.1 Å². The van der Waals surface area contributed by atoms with Crippen LogP contribution in [0.2, 0.25) is 0 Å². The van der Waals surface area contributed by atoms with Crippen molar-refractivity contribution >= 4 is 23.5 Å². The van der Waals surface area contributed by atoms with Gasteiger partial charge < -0.3 is 15.0 Å². The average molecular weight is 442 g/mol. The molecule has 2 aromatic carbocycles. The van der Waals surface area contributed by atoms with Crippen molar-refractivity contribution in [1.82, 2.24) is 9.80 Å². The van der Waals surface area contributed by atoms with Crippen LogP contribution in [0.3, 0.4) is 0 Å². The van der Waals surface area contributed by atoms with Crippen molar-refractivity contribution in [2.75, 3.05) is 38.0 Å². The van der Waals surface area contributed by atoms with E-state index in [2.05, 4.69) is 5.32 Å². The zero-order valence-corrected chi connectivity index (χ0v) is 18.6. The van der Waals surface area contributed by atoms with Crippen molar-refractivity contribution < 1.29 is 23.5 Å². The van der Waals surface area contributed by atoms with Gasteiger partial charge in [-0.2, -0.15) is 0 Å². The number of nitrogens with zero attached hydrogens (tertiary/aromatic N) is 2. The number of benzene rings is 2. The molecule has 32 heavy (non-hydrogen) atoms. The van der Waals surface area contributed by atoms with E-state index in [0.717, 1.165) is 0 Å². The van der Waals surface area contributed by atoms with E-state index in [0.29, 0.717) is 43.0 Å². The molecule has 1 saturated heterocycles. The molecule has 7 nitrogen and oxygen atoms in total. The Kier molecular flexibility index (Phi) is 7.25. The fourth-order valence-corrected chi connectivity index (χ4v) is 3.34. The molecule has 0 spiro atoms. The normalized spacial score (nSPS) is 14.7. The third kappa shape index (κ3) is 6.62. The van der Waals surface area contributed by atoms with Gasteiger partial charge in [0.25, 0.3) is 5.91 Å². The van der Waals surface area contributed by atoms with Crippen molar-refractivity contribution in [2.24, 2.45) is 0 Å². The van der Waals surface area contributed by atoms with Gasteiger partial charge in [-0.25, -0.2) is 9.18 Å². The summed E-state index contributed by atoms with van der Waals surface area (Å²) >= 11 is 0. The summed E-state index contributed by atoms with van der Waals surface area (Å²) < 4.78 is 18.3. The van der Waals surface area contributed by atoms with Crippen LogP contribution in [0.25, 0.3) is 0 Å². The third-order valence-electron chi connectivity index (χ3n) is 4.90. The van der Waals surface area contributed by atoms with E-state index in [4.69, 9.17) is 4.74 Å². The molecule has 1 N–H and O–H groups in total. The van der Waals surface area contributed by atoms with Gasteiger partial charge in [-0.15, -0.1) is 0 Å². The second-order valence-corrected chi connectivity index (χ2v) is 8.71. The molecular weight excluding hydrogens is 413 g/mol. The zero-order valence-electron chi connectivity index (χ0n) is 18.6. The maximum absolute atomic E-state index is 13.0. The van der Waals surface area contributed by atoms with Gasteiger partial charge in [0, 0.05) is 37.4 Å². The smallest absolute Gasteiger partial charge is 0.338 e. The molecule has 0 unspecified atom stereocenters. The van der Waals surface area contributed by atoms with E-state index in [9.17, 15) is 18.8 Å². The van der Waals surface area contributed by atoms with Gasteiger partial charge in [-0.3, -0.25) is 14.5 Å². The number of piperazine rings is 1. The molecule has 1 fully saturated rings. The highest BCUT2D eigenvalue weighted by molar-refractivity contribution is 5.98. The Labute approximate surface area is 187 Å². The van der Waals surface area contributed by atoms with Crippen molar-refractivity contribution in [3.63, 3.8) is 0 Å². The van der Waals surface area contributed by atoms with Gasteiger partial charge in [-0.05, 0) is 63.2 Å².